The zero-order valence-electron chi connectivity index (χ0n) is 17.8. The second-order valence-corrected chi connectivity index (χ2v) is 7.31. The molecule has 9 heteroatoms. The molecule has 1 unspecified atom stereocenters. The first-order chi connectivity index (χ1) is 14.7. The molecule has 1 aromatic heterocycles. The number of hydrogen-bond acceptors (Lipinski definition) is 9. The Kier molecular flexibility index (Phi) is 8.61. The topological polar surface area (TPSA) is 116 Å². The smallest absolute Gasteiger partial charge is 0.323 e. The number of benzene rings is 1. The van der Waals surface area contributed by atoms with Crippen LogP contribution in [0.5, 0.6) is 6.01 Å². The third-order valence-electron chi connectivity index (χ3n) is 4.56. The van der Waals surface area contributed by atoms with Crippen molar-refractivity contribution in [2.24, 2.45) is 5.73 Å². The summed E-state index contributed by atoms with van der Waals surface area (Å²) in [7, 11) is 0. The molecule has 0 saturated carbocycles. The van der Waals surface area contributed by atoms with Gasteiger partial charge in [0, 0.05) is 13.1 Å². The lowest BCUT2D eigenvalue weighted by atomic mass is 10.1. The first-order valence-corrected chi connectivity index (χ1v) is 10.5. The van der Waals surface area contributed by atoms with Gasteiger partial charge in [-0.15, -0.1) is 0 Å². The van der Waals surface area contributed by atoms with Crippen molar-refractivity contribution >= 4 is 11.9 Å². The summed E-state index contributed by atoms with van der Waals surface area (Å²) in [6, 6.07) is 8.94. The fraction of sp³-hybridized carbons (Fsp3) is 0.571. The van der Waals surface area contributed by atoms with Gasteiger partial charge >= 0.3 is 6.01 Å². The Hall–Kier alpha value is -2.49. The lowest BCUT2D eigenvalue weighted by Gasteiger charge is -2.16. The van der Waals surface area contributed by atoms with Crippen molar-refractivity contribution in [2.75, 3.05) is 50.2 Å². The van der Waals surface area contributed by atoms with Gasteiger partial charge < -0.3 is 30.6 Å². The molecule has 0 saturated heterocycles. The van der Waals surface area contributed by atoms with Crippen LogP contribution < -0.4 is 21.1 Å². The van der Waals surface area contributed by atoms with Crippen molar-refractivity contribution in [3.05, 3.63) is 35.4 Å². The maximum Gasteiger partial charge on any atom is 0.323 e. The molecular formula is C21H32N6O3. The van der Waals surface area contributed by atoms with Crippen LogP contribution in [0.15, 0.2) is 24.3 Å². The maximum atomic E-state index is 5.71. The summed E-state index contributed by atoms with van der Waals surface area (Å²) in [5.41, 5.74) is 8.04. The van der Waals surface area contributed by atoms with E-state index in [4.69, 9.17) is 19.9 Å². The molecule has 1 heterocycles. The van der Waals surface area contributed by atoms with Gasteiger partial charge in [-0.3, -0.25) is 0 Å². The fourth-order valence-corrected chi connectivity index (χ4v) is 3.27. The van der Waals surface area contributed by atoms with Crippen LogP contribution in [0.25, 0.3) is 0 Å². The predicted octanol–water partition coefficient (Wildman–Crippen LogP) is 2.16. The van der Waals surface area contributed by atoms with E-state index in [1.54, 1.807) is 0 Å². The number of nitrogens with one attached hydrogen (secondary N) is 2. The fourth-order valence-electron chi connectivity index (χ4n) is 3.27. The molecule has 2 aromatic rings. The van der Waals surface area contributed by atoms with Crippen molar-refractivity contribution in [2.45, 2.75) is 38.8 Å². The molecule has 1 atom stereocenters. The molecule has 1 aromatic carbocycles. The molecule has 0 spiro atoms. The minimum Gasteiger partial charge on any atom is -0.461 e. The number of aryl methyl sites for hydroxylation is 1. The van der Waals surface area contributed by atoms with Crippen LogP contribution in [-0.4, -0.2) is 60.6 Å². The number of aromatic nitrogens is 3. The lowest BCUT2D eigenvalue weighted by molar-refractivity contribution is 0.0547. The molecule has 0 amide bonds. The highest BCUT2D eigenvalue weighted by Gasteiger charge is 2.23. The summed E-state index contributed by atoms with van der Waals surface area (Å²) in [6.07, 6.45) is 2.03. The van der Waals surface area contributed by atoms with E-state index in [2.05, 4.69) is 49.9 Å². The number of fused-ring (bicyclic) bond motifs is 1. The maximum absolute atomic E-state index is 5.71. The molecular weight excluding hydrogens is 384 g/mol. The number of rotatable bonds is 13. The summed E-state index contributed by atoms with van der Waals surface area (Å²) in [4.78, 5) is 13.3. The Morgan fingerprint density at radius 3 is 2.60 bits per heavy atom. The van der Waals surface area contributed by atoms with Crippen LogP contribution in [-0.2, 0) is 15.9 Å². The van der Waals surface area contributed by atoms with Crippen molar-refractivity contribution < 1.29 is 14.2 Å². The zero-order valence-corrected chi connectivity index (χ0v) is 17.8. The number of ether oxygens (including phenoxy) is 3. The van der Waals surface area contributed by atoms with E-state index in [0.717, 1.165) is 12.8 Å². The molecule has 164 valence electrons. The quantitative estimate of drug-likeness (QED) is 0.422. The Morgan fingerprint density at radius 2 is 1.80 bits per heavy atom. The summed E-state index contributed by atoms with van der Waals surface area (Å²) < 4.78 is 16.5. The van der Waals surface area contributed by atoms with E-state index in [1.165, 1.54) is 11.1 Å². The van der Waals surface area contributed by atoms with E-state index < -0.39 is 0 Å². The molecule has 0 radical (unpaired) electrons. The third-order valence-corrected chi connectivity index (χ3v) is 4.56. The van der Waals surface area contributed by atoms with Crippen molar-refractivity contribution in [1.82, 2.24) is 15.0 Å². The standard InChI is InChI=1S/C21H32N6O3/c1-15(2)30-21-26-19(23-10-12-29-14-13-28-11-9-22)25-20(27-21)24-18-8-7-16-5-3-4-6-17(16)18/h3-6,15,18H,7-14,22H2,1-2H3,(H2,23,24,25,26,27). The highest BCUT2D eigenvalue weighted by atomic mass is 16.5. The molecule has 0 aliphatic heterocycles. The highest BCUT2D eigenvalue weighted by molar-refractivity contribution is 5.43. The van der Waals surface area contributed by atoms with Crippen molar-refractivity contribution in [3.63, 3.8) is 0 Å². The molecule has 0 fully saturated rings. The van der Waals surface area contributed by atoms with Gasteiger partial charge in [0.2, 0.25) is 11.9 Å². The number of hydrogen-bond donors (Lipinski definition) is 3. The van der Waals surface area contributed by atoms with Gasteiger partial charge in [0.1, 0.15) is 0 Å². The summed E-state index contributed by atoms with van der Waals surface area (Å²) in [6.45, 7) is 7.08. The average molecular weight is 417 g/mol. The van der Waals surface area contributed by atoms with Crippen LogP contribution in [0.3, 0.4) is 0 Å². The minimum atomic E-state index is -0.0304. The summed E-state index contributed by atoms with van der Waals surface area (Å²) in [5, 5.41) is 6.62. The summed E-state index contributed by atoms with van der Waals surface area (Å²) in [5.74, 6) is 0.957. The van der Waals surface area contributed by atoms with Gasteiger partial charge in [0.15, 0.2) is 0 Å². The van der Waals surface area contributed by atoms with Gasteiger partial charge in [-0.25, -0.2) is 0 Å². The first-order valence-electron chi connectivity index (χ1n) is 10.5. The van der Waals surface area contributed by atoms with Crippen LogP contribution in [0.4, 0.5) is 11.9 Å². The van der Waals surface area contributed by atoms with E-state index >= 15 is 0 Å². The number of nitrogens with zero attached hydrogens (tertiary/aromatic N) is 3. The molecule has 0 bridgehead atoms. The SMILES string of the molecule is CC(C)Oc1nc(NCCOCCOCCN)nc(NC2CCc3ccccc32)n1. The predicted molar refractivity (Wildman–Crippen MR) is 116 cm³/mol. The average Bonchev–Trinajstić information content (AvgIpc) is 3.12. The van der Waals surface area contributed by atoms with Crippen LogP contribution in [0, 0.1) is 0 Å². The molecule has 4 N–H and O–H groups in total. The lowest BCUT2D eigenvalue weighted by Crippen LogP contribution is -2.18. The second-order valence-electron chi connectivity index (χ2n) is 7.31. The molecule has 3 rings (SSSR count). The molecule has 30 heavy (non-hydrogen) atoms. The van der Waals surface area contributed by atoms with E-state index in [9.17, 15) is 0 Å². The van der Waals surface area contributed by atoms with Gasteiger partial charge in [0.25, 0.3) is 0 Å². The Balaban J connectivity index is 1.57. The van der Waals surface area contributed by atoms with Crippen molar-refractivity contribution in [1.29, 1.82) is 0 Å². The monoisotopic (exact) mass is 416 g/mol. The van der Waals surface area contributed by atoms with E-state index in [1.807, 2.05) is 13.8 Å². The molecule has 1 aliphatic carbocycles. The van der Waals surface area contributed by atoms with E-state index in [0.29, 0.717) is 57.4 Å². The zero-order chi connectivity index (χ0) is 21.2. The van der Waals surface area contributed by atoms with E-state index in [-0.39, 0.29) is 12.1 Å². The van der Waals surface area contributed by atoms with Gasteiger partial charge in [0.05, 0.1) is 38.6 Å². The first kappa shape index (κ1) is 22.2. The van der Waals surface area contributed by atoms with Crippen LogP contribution in [0.1, 0.15) is 37.4 Å². The van der Waals surface area contributed by atoms with Gasteiger partial charge in [-0.05, 0) is 37.8 Å². The Labute approximate surface area is 177 Å². The normalized spacial score (nSPS) is 15.3. The van der Waals surface area contributed by atoms with Crippen LogP contribution >= 0.6 is 0 Å². The van der Waals surface area contributed by atoms with Crippen molar-refractivity contribution in [3.8, 4) is 6.01 Å². The summed E-state index contributed by atoms with van der Waals surface area (Å²) >= 11 is 0. The highest BCUT2D eigenvalue weighted by Crippen LogP contribution is 2.33. The molecule has 9 nitrogen and oxygen atoms in total. The Bertz CT molecular complexity index is 789. The number of anilines is 2. The van der Waals surface area contributed by atoms with Crippen LogP contribution in [0.2, 0.25) is 0 Å². The second kappa shape index (κ2) is 11.6. The van der Waals surface area contributed by atoms with Gasteiger partial charge in [-0.2, -0.15) is 15.0 Å². The Morgan fingerprint density at radius 1 is 1.03 bits per heavy atom. The number of nitrogens with two attached hydrogens (primary N) is 1. The largest absolute Gasteiger partial charge is 0.461 e. The molecule has 1 aliphatic rings. The third kappa shape index (κ3) is 6.79. The van der Waals surface area contributed by atoms with Gasteiger partial charge in [-0.1, -0.05) is 24.3 Å². The minimum absolute atomic E-state index is 0.0304.